The zero-order chi connectivity index (χ0) is 11.4. The molecule has 0 unspecified atom stereocenters. The van der Waals surface area contributed by atoms with Crippen LogP contribution in [0.2, 0.25) is 0 Å². The van der Waals surface area contributed by atoms with Gasteiger partial charge in [0.1, 0.15) is 11.6 Å². The van der Waals surface area contributed by atoms with Gasteiger partial charge in [-0.3, -0.25) is 0 Å². The van der Waals surface area contributed by atoms with Crippen LogP contribution < -0.4 is 10.5 Å². The van der Waals surface area contributed by atoms with Gasteiger partial charge in [0.2, 0.25) is 0 Å². The molecule has 0 saturated heterocycles. The van der Waals surface area contributed by atoms with Crippen molar-refractivity contribution in [3.63, 3.8) is 0 Å². The molecule has 88 valence electrons. The lowest BCUT2D eigenvalue weighted by Crippen LogP contribution is -2.25. The van der Waals surface area contributed by atoms with Gasteiger partial charge in [0.25, 0.3) is 0 Å². The van der Waals surface area contributed by atoms with Gasteiger partial charge in [0.05, 0.1) is 6.10 Å². The van der Waals surface area contributed by atoms with E-state index in [9.17, 15) is 4.39 Å². The van der Waals surface area contributed by atoms with Crippen molar-refractivity contribution in [3.05, 3.63) is 29.6 Å². The number of benzene rings is 1. The first kappa shape index (κ1) is 11.4. The molecule has 0 radical (unpaired) electrons. The van der Waals surface area contributed by atoms with Crippen LogP contribution in [0.3, 0.4) is 0 Å². The summed E-state index contributed by atoms with van der Waals surface area (Å²) in [5, 5.41) is 0. The molecule has 16 heavy (non-hydrogen) atoms. The van der Waals surface area contributed by atoms with Gasteiger partial charge in [-0.2, -0.15) is 0 Å². The molecular weight excluding hydrogens is 205 g/mol. The van der Waals surface area contributed by atoms with Crippen molar-refractivity contribution in [2.45, 2.75) is 38.2 Å². The van der Waals surface area contributed by atoms with E-state index in [-0.39, 0.29) is 5.82 Å². The molecule has 0 heterocycles. The molecule has 1 fully saturated rings. The number of aryl methyl sites for hydroxylation is 1. The molecule has 2 N–H and O–H groups in total. The SMILES string of the molecule is NCCCc1cc(F)ccc1OC1CCC1. The Morgan fingerprint density at radius 2 is 2.19 bits per heavy atom. The van der Waals surface area contributed by atoms with E-state index >= 15 is 0 Å². The summed E-state index contributed by atoms with van der Waals surface area (Å²) >= 11 is 0. The van der Waals surface area contributed by atoms with Crippen molar-refractivity contribution >= 4 is 0 Å². The van der Waals surface area contributed by atoms with E-state index in [2.05, 4.69) is 0 Å². The number of rotatable bonds is 5. The molecule has 0 aromatic heterocycles. The van der Waals surface area contributed by atoms with Gasteiger partial charge < -0.3 is 10.5 Å². The first-order valence-electron chi connectivity index (χ1n) is 5.95. The largest absolute Gasteiger partial charge is 0.490 e. The highest BCUT2D eigenvalue weighted by Gasteiger charge is 2.20. The third-order valence-corrected chi connectivity index (χ3v) is 3.02. The van der Waals surface area contributed by atoms with Crippen LogP contribution >= 0.6 is 0 Å². The smallest absolute Gasteiger partial charge is 0.123 e. The molecule has 3 heteroatoms. The summed E-state index contributed by atoms with van der Waals surface area (Å²) in [5.41, 5.74) is 6.41. The molecule has 1 aromatic carbocycles. The van der Waals surface area contributed by atoms with E-state index in [4.69, 9.17) is 10.5 Å². The summed E-state index contributed by atoms with van der Waals surface area (Å²) < 4.78 is 18.9. The van der Waals surface area contributed by atoms with Crippen LogP contribution in [0, 0.1) is 5.82 Å². The molecule has 0 atom stereocenters. The van der Waals surface area contributed by atoms with E-state index in [0.717, 1.165) is 37.0 Å². The van der Waals surface area contributed by atoms with Gasteiger partial charge in [0.15, 0.2) is 0 Å². The molecule has 1 saturated carbocycles. The molecule has 2 rings (SSSR count). The van der Waals surface area contributed by atoms with Crippen LogP contribution in [0.25, 0.3) is 0 Å². The summed E-state index contributed by atoms with van der Waals surface area (Å²) in [6, 6.07) is 4.75. The van der Waals surface area contributed by atoms with Crippen molar-refractivity contribution in [1.82, 2.24) is 0 Å². The van der Waals surface area contributed by atoms with Gasteiger partial charge in [-0.15, -0.1) is 0 Å². The molecule has 1 aromatic rings. The molecule has 0 spiro atoms. The fraction of sp³-hybridized carbons (Fsp3) is 0.538. The van der Waals surface area contributed by atoms with E-state index in [1.165, 1.54) is 12.5 Å². The van der Waals surface area contributed by atoms with Gasteiger partial charge >= 0.3 is 0 Å². The highest BCUT2D eigenvalue weighted by atomic mass is 19.1. The minimum atomic E-state index is -0.201. The number of nitrogens with two attached hydrogens (primary N) is 1. The maximum atomic E-state index is 13.1. The third-order valence-electron chi connectivity index (χ3n) is 3.02. The van der Waals surface area contributed by atoms with Gasteiger partial charge in [-0.05, 0) is 62.4 Å². The van der Waals surface area contributed by atoms with Crippen LogP contribution in [0.15, 0.2) is 18.2 Å². The highest BCUT2D eigenvalue weighted by molar-refractivity contribution is 5.34. The second-order valence-corrected chi connectivity index (χ2v) is 4.32. The summed E-state index contributed by atoms with van der Waals surface area (Å²) in [7, 11) is 0. The fourth-order valence-electron chi connectivity index (χ4n) is 1.82. The second kappa shape index (κ2) is 5.30. The summed E-state index contributed by atoms with van der Waals surface area (Å²) in [6.45, 7) is 0.624. The minimum Gasteiger partial charge on any atom is -0.490 e. The predicted molar refractivity (Wildman–Crippen MR) is 62.0 cm³/mol. The highest BCUT2D eigenvalue weighted by Crippen LogP contribution is 2.28. The topological polar surface area (TPSA) is 35.2 Å². The average Bonchev–Trinajstić information content (AvgIpc) is 2.22. The lowest BCUT2D eigenvalue weighted by molar-refractivity contribution is 0.119. The molecule has 0 aliphatic heterocycles. The fourth-order valence-corrected chi connectivity index (χ4v) is 1.82. The maximum Gasteiger partial charge on any atom is 0.123 e. The van der Waals surface area contributed by atoms with E-state index in [1.54, 1.807) is 12.1 Å². The summed E-state index contributed by atoms with van der Waals surface area (Å²) in [4.78, 5) is 0. The Hall–Kier alpha value is -1.09. The van der Waals surface area contributed by atoms with Gasteiger partial charge in [-0.1, -0.05) is 0 Å². The molecule has 2 nitrogen and oxygen atoms in total. The van der Waals surface area contributed by atoms with Crippen molar-refractivity contribution in [1.29, 1.82) is 0 Å². The van der Waals surface area contributed by atoms with E-state index in [0.29, 0.717) is 12.6 Å². The zero-order valence-electron chi connectivity index (χ0n) is 9.42. The molecule has 1 aliphatic carbocycles. The van der Waals surface area contributed by atoms with Crippen LogP contribution in [-0.4, -0.2) is 12.6 Å². The molecular formula is C13H18FNO. The normalized spacial score (nSPS) is 15.9. The minimum absolute atomic E-state index is 0.201. The Bertz CT molecular complexity index is 350. The lowest BCUT2D eigenvalue weighted by atomic mass is 9.96. The Kier molecular flexibility index (Phi) is 3.78. The van der Waals surface area contributed by atoms with E-state index in [1.807, 2.05) is 0 Å². The Labute approximate surface area is 95.6 Å². The summed E-state index contributed by atoms with van der Waals surface area (Å²) in [5.74, 6) is 0.632. The zero-order valence-corrected chi connectivity index (χ0v) is 9.42. The lowest BCUT2D eigenvalue weighted by Gasteiger charge is -2.27. The van der Waals surface area contributed by atoms with Crippen LogP contribution in [-0.2, 0) is 6.42 Å². The van der Waals surface area contributed by atoms with Crippen molar-refractivity contribution in [2.75, 3.05) is 6.54 Å². The van der Waals surface area contributed by atoms with Crippen molar-refractivity contribution in [2.24, 2.45) is 5.73 Å². The second-order valence-electron chi connectivity index (χ2n) is 4.32. The quantitative estimate of drug-likeness (QED) is 0.832. The third kappa shape index (κ3) is 2.73. The molecule has 0 bridgehead atoms. The van der Waals surface area contributed by atoms with Crippen molar-refractivity contribution < 1.29 is 9.13 Å². The van der Waals surface area contributed by atoms with E-state index < -0.39 is 0 Å². The maximum absolute atomic E-state index is 13.1. The number of hydrogen-bond donors (Lipinski definition) is 1. The molecule has 1 aliphatic rings. The number of halogens is 1. The number of hydrogen-bond acceptors (Lipinski definition) is 2. The van der Waals surface area contributed by atoms with Gasteiger partial charge in [0, 0.05) is 0 Å². The van der Waals surface area contributed by atoms with Crippen molar-refractivity contribution in [3.8, 4) is 5.75 Å². The first-order chi connectivity index (χ1) is 7.79. The predicted octanol–water partition coefficient (Wildman–Crippen LogP) is 2.65. The standard InChI is InChI=1S/C13H18FNO/c14-11-6-7-13(16-12-4-1-5-12)10(9-11)3-2-8-15/h6-7,9,12H,1-5,8,15H2. The van der Waals surface area contributed by atoms with Gasteiger partial charge in [-0.25, -0.2) is 4.39 Å². The Balaban J connectivity index is 2.07. The van der Waals surface area contributed by atoms with Crippen LogP contribution in [0.5, 0.6) is 5.75 Å². The molecule has 0 amide bonds. The number of ether oxygens (including phenoxy) is 1. The Morgan fingerprint density at radius 3 is 2.81 bits per heavy atom. The van der Waals surface area contributed by atoms with Crippen LogP contribution in [0.4, 0.5) is 4.39 Å². The Morgan fingerprint density at radius 1 is 1.38 bits per heavy atom. The van der Waals surface area contributed by atoms with Crippen LogP contribution in [0.1, 0.15) is 31.2 Å². The summed E-state index contributed by atoms with van der Waals surface area (Å²) in [6.07, 6.45) is 5.47. The monoisotopic (exact) mass is 223 g/mol. The first-order valence-corrected chi connectivity index (χ1v) is 5.95. The average molecular weight is 223 g/mol.